The first-order valence-corrected chi connectivity index (χ1v) is 4.86. The van der Waals surface area contributed by atoms with Crippen LogP contribution in [0.1, 0.15) is 20.8 Å². The van der Waals surface area contributed by atoms with Crippen LogP contribution in [-0.4, -0.2) is 14.8 Å². The molecule has 0 spiro atoms. The lowest BCUT2D eigenvalue weighted by Gasteiger charge is -2.18. The average molecular weight is 210 g/mol. The van der Waals surface area contributed by atoms with E-state index in [9.17, 15) is 0 Å². The molecule has 0 aliphatic carbocycles. The molecule has 0 aliphatic rings. The van der Waals surface area contributed by atoms with Gasteiger partial charge in [0.2, 0.25) is 0 Å². The molecule has 0 amide bonds. The summed E-state index contributed by atoms with van der Waals surface area (Å²) in [6.45, 7) is 6.29. The maximum absolute atomic E-state index is 5.96. The summed E-state index contributed by atoms with van der Waals surface area (Å²) in [4.78, 5) is 4.01. The van der Waals surface area contributed by atoms with Gasteiger partial charge in [-0.15, -0.1) is 0 Å². The van der Waals surface area contributed by atoms with Crippen LogP contribution in [0.3, 0.4) is 0 Å². The van der Waals surface area contributed by atoms with Gasteiger partial charge < -0.3 is 0 Å². The Morgan fingerprint density at radius 1 is 1.36 bits per heavy atom. The Bertz CT molecular complexity index is 468. The van der Waals surface area contributed by atoms with Gasteiger partial charge in [0.05, 0.1) is 16.4 Å². The van der Waals surface area contributed by atoms with Crippen LogP contribution in [0.5, 0.6) is 0 Å². The summed E-state index contributed by atoms with van der Waals surface area (Å²) in [5.74, 6) is 0. The number of nitrogens with zero attached hydrogens (tertiary/aromatic N) is 3. The minimum Gasteiger partial charge on any atom is -0.266 e. The van der Waals surface area contributed by atoms with E-state index in [1.807, 2.05) is 16.9 Å². The second kappa shape index (κ2) is 2.95. The highest BCUT2D eigenvalue weighted by Gasteiger charge is 2.15. The quantitative estimate of drug-likeness (QED) is 0.625. The Morgan fingerprint density at radius 3 is 2.64 bits per heavy atom. The molecule has 0 N–H and O–H groups in total. The van der Waals surface area contributed by atoms with Gasteiger partial charge in [-0.3, -0.25) is 4.68 Å². The molecule has 0 aliphatic heterocycles. The lowest BCUT2D eigenvalue weighted by molar-refractivity contribution is 0.358. The van der Waals surface area contributed by atoms with Gasteiger partial charge in [-0.2, -0.15) is 5.10 Å². The first kappa shape index (κ1) is 9.46. The molecule has 3 nitrogen and oxygen atoms in total. The number of aromatic nitrogens is 3. The molecule has 2 aromatic heterocycles. The van der Waals surface area contributed by atoms with Crippen LogP contribution >= 0.6 is 11.6 Å². The van der Waals surface area contributed by atoms with E-state index < -0.39 is 0 Å². The van der Waals surface area contributed by atoms with Crippen LogP contribution in [0.15, 0.2) is 18.5 Å². The van der Waals surface area contributed by atoms with Crippen molar-refractivity contribution >= 4 is 22.5 Å². The van der Waals surface area contributed by atoms with Crippen molar-refractivity contribution in [3.63, 3.8) is 0 Å². The zero-order chi connectivity index (χ0) is 10.3. The Balaban J connectivity index is 2.69. The van der Waals surface area contributed by atoms with E-state index in [4.69, 9.17) is 11.6 Å². The summed E-state index contributed by atoms with van der Waals surface area (Å²) in [6, 6.07) is 1.86. The lowest BCUT2D eigenvalue weighted by atomic mass is 10.1. The van der Waals surface area contributed by atoms with Crippen LogP contribution < -0.4 is 0 Å². The summed E-state index contributed by atoms with van der Waals surface area (Å²) in [7, 11) is 0. The van der Waals surface area contributed by atoms with Crippen molar-refractivity contribution in [1.29, 1.82) is 0 Å². The molecule has 2 heterocycles. The normalized spacial score (nSPS) is 12.3. The smallest absolute Gasteiger partial charge is 0.139 e. The molecule has 0 bridgehead atoms. The topological polar surface area (TPSA) is 30.7 Å². The van der Waals surface area contributed by atoms with E-state index >= 15 is 0 Å². The average Bonchev–Trinajstić information content (AvgIpc) is 2.48. The molecule has 0 saturated carbocycles. The second-order valence-electron chi connectivity index (χ2n) is 4.28. The number of hydrogen-bond donors (Lipinski definition) is 0. The van der Waals surface area contributed by atoms with Crippen LogP contribution in [-0.2, 0) is 5.54 Å². The van der Waals surface area contributed by atoms with Crippen molar-refractivity contribution in [3.8, 4) is 0 Å². The van der Waals surface area contributed by atoms with E-state index in [-0.39, 0.29) is 5.54 Å². The first-order valence-electron chi connectivity index (χ1n) is 4.49. The second-order valence-corrected chi connectivity index (χ2v) is 4.64. The highest BCUT2D eigenvalue weighted by molar-refractivity contribution is 6.34. The van der Waals surface area contributed by atoms with E-state index in [1.165, 1.54) is 0 Å². The fourth-order valence-corrected chi connectivity index (χ4v) is 1.46. The zero-order valence-corrected chi connectivity index (χ0v) is 9.21. The largest absolute Gasteiger partial charge is 0.266 e. The van der Waals surface area contributed by atoms with Crippen LogP contribution in [0.25, 0.3) is 10.9 Å². The maximum Gasteiger partial charge on any atom is 0.139 e. The third kappa shape index (κ3) is 1.48. The zero-order valence-electron chi connectivity index (χ0n) is 8.45. The maximum atomic E-state index is 5.96. The SMILES string of the molecule is CC(C)(C)n1cc2c(Cl)nccc2n1. The number of pyridine rings is 1. The van der Waals surface area contributed by atoms with Gasteiger partial charge >= 0.3 is 0 Å². The Morgan fingerprint density at radius 2 is 2.07 bits per heavy atom. The summed E-state index contributed by atoms with van der Waals surface area (Å²) in [6.07, 6.45) is 3.61. The van der Waals surface area contributed by atoms with Gasteiger partial charge in [0.15, 0.2) is 0 Å². The predicted octanol–water partition coefficient (Wildman–Crippen LogP) is 2.84. The van der Waals surface area contributed by atoms with Crippen molar-refractivity contribution in [1.82, 2.24) is 14.8 Å². The highest BCUT2D eigenvalue weighted by Crippen LogP contribution is 2.22. The number of hydrogen-bond acceptors (Lipinski definition) is 2. The van der Waals surface area contributed by atoms with E-state index in [1.54, 1.807) is 6.20 Å². The molecule has 2 aromatic rings. The van der Waals surface area contributed by atoms with Crippen LogP contribution in [0, 0.1) is 0 Å². The number of fused-ring (bicyclic) bond motifs is 1. The van der Waals surface area contributed by atoms with Gasteiger partial charge in [0.1, 0.15) is 5.15 Å². The van der Waals surface area contributed by atoms with E-state index in [0.717, 1.165) is 10.9 Å². The van der Waals surface area contributed by atoms with Crippen molar-refractivity contribution < 1.29 is 0 Å². The van der Waals surface area contributed by atoms with Gasteiger partial charge in [0.25, 0.3) is 0 Å². The minimum atomic E-state index is -0.0254. The van der Waals surface area contributed by atoms with Gasteiger partial charge in [-0.05, 0) is 26.8 Å². The number of halogens is 1. The van der Waals surface area contributed by atoms with E-state index in [0.29, 0.717) is 5.15 Å². The summed E-state index contributed by atoms with van der Waals surface area (Å²) >= 11 is 5.96. The van der Waals surface area contributed by atoms with Crippen LogP contribution in [0.2, 0.25) is 5.15 Å². The van der Waals surface area contributed by atoms with Gasteiger partial charge in [-0.25, -0.2) is 4.98 Å². The molecule has 0 saturated heterocycles. The Hall–Kier alpha value is -1.09. The Kier molecular flexibility index (Phi) is 2.00. The van der Waals surface area contributed by atoms with Crippen molar-refractivity contribution in [3.05, 3.63) is 23.6 Å². The molecule has 14 heavy (non-hydrogen) atoms. The molecule has 4 heteroatoms. The summed E-state index contributed by atoms with van der Waals surface area (Å²) < 4.78 is 1.91. The summed E-state index contributed by atoms with van der Waals surface area (Å²) in [5, 5.41) is 5.86. The summed E-state index contributed by atoms with van der Waals surface area (Å²) in [5.41, 5.74) is 0.863. The van der Waals surface area contributed by atoms with Crippen molar-refractivity contribution in [2.45, 2.75) is 26.3 Å². The molecule has 0 atom stereocenters. The standard InChI is InChI=1S/C10H12ClN3/c1-10(2,3)14-6-7-8(13-14)4-5-12-9(7)11/h4-6H,1-3H3. The van der Waals surface area contributed by atoms with Gasteiger partial charge in [0, 0.05) is 12.4 Å². The molecule has 0 radical (unpaired) electrons. The highest BCUT2D eigenvalue weighted by atomic mass is 35.5. The third-order valence-electron chi connectivity index (χ3n) is 2.07. The Labute approximate surface area is 87.7 Å². The first-order chi connectivity index (χ1) is 6.48. The molecular formula is C10H12ClN3. The monoisotopic (exact) mass is 209 g/mol. The molecule has 0 aromatic carbocycles. The van der Waals surface area contributed by atoms with Crippen molar-refractivity contribution in [2.75, 3.05) is 0 Å². The molecule has 0 unspecified atom stereocenters. The van der Waals surface area contributed by atoms with Crippen molar-refractivity contribution in [2.24, 2.45) is 0 Å². The molecule has 2 rings (SSSR count). The number of rotatable bonds is 0. The predicted molar refractivity (Wildman–Crippen MR) is 57.5 cm³/mol. The van der Waals surface area contributed by atoms with Crippen LogP contribution in [0.4, 0.5) is 0 Å². The minimum absolute atomic E-state index is 0.0254. The van der Waals surface area contributed by atoms with E-state index in [2.05, 4.69) is 30.9 Å². The third-order valence-corrected chi connectivity index (χ3v) is 2.37. The molecular weight excluding hydrogens is 198 g/mol. The molecule has 0 fully saturated rings. The van der Waals surface area contributed by atoms with Gasteiger partial charge in [-0.1, -0.05) is 11.6 Å². The molecule has 74 valence electrons. The lowest BCUT2D eigenvalue weighted by Crippen LogP contribution is -2.21. The fraction of sp³-hybridized carbons (Fsp3) is 0.400. The fourth-order valence-electron chi connectivity index (χ4n) is 1.26.